The lowest BCUT2D eigenvalue weighted by Crippen LogP contribution is -2.09. The van der Waals surface area contributed by atoms with Crippen LogP contribution in [0.3, 0.4) is 0 Å². The Morgan fingerprint density at radius 1 is 1.10 bits per heavy atom. The van der Waals surface area contributed by atoms with Crippen molar-refractivity contribution in [2.45, 2.75) is 26.7 Å². The second-order valence-corrected chi connectivity index (χ2v) is 7.85. The van der Waals surface area contributed by atoms with Gasteiger partial charge < -0.3 is 10.6 Å². The molecule has 0 saturated carbocycles. The minimum absolute atomic E-state index is 0.106. The number of hydrogen-bond acceptors (Lipinski definition) is 4. The van der Waals surface area contributed by atoms with Crippen molar-refractivity contribution in [3.63, 3.8) is 0 Å². The van der Waals surface area contributed by atoms with Crippen LogP contribution in [0.5, 0.6) is 0 Å². The Kier molecular flexibility index (Phi) is 5.42. The molecule has 1 amide bonds. The van der Waals surface area contributed by atoms with Crippen LogP contribution in [0.4, 0.5) is 17.3 Å². The molecule has 2 aromatic carbocycles. The molecule has 0 unspecified atom stereocenters. The molecule has 0 atom stereocenters. The third kappa shape index (κ3) is 4.14. The number of halogens is 1. The third-order valence-corrected chi connectivity index (χ3v) is 5.00. The number of anilines is 3. The smallest absolute Gasteiger partial charge is 0.245 e. The van der Waals surface area contributed by atoms with Crippen molar-refractivity contribution in [1.29, 1.82) is 0 Å². The van der Waals surface area contributed by atoms with Crippen LogP contribution in [0, 0.1) is 0 Å². The number of benzene rings is 2. The average molecular weight is 420 g/mol. The van der Waals surface area contributed by atoms with Gasteiger partial charge in [0.25, 0.3) is 0 Å². The molecule has 0 bridgehead atoms. The summed E-state index contributed by atoms with van der Waals surface area (Å²) in [6, 6.07) is 17.5. The molecule has 2 N–H and O–H groups in total. The molecular weight excluding hydrogens is 398 g/mol. The first-order chi connectivity index (χ1) is 14.4. The summed E-state index contributed by atoms with van der Waals surface area (Å²) >= 11 is 6.15. The Morgan fingerprint density at radius 2 is 1.93 bits per heavy atom. The molecule has 0 spiro atoms. The highest BCUT2D eigenvalue weighted by Gasteiger charge is 2.11. The Bertz CT molecular complexity index is 1230. The zero-order chi connectivity index (χ0) is 21.3. The van der Waals surface area contributed by atoms with Crippen LogP contribution in [0.2, 0.25) is 5.02 Å². The molecule has 2 aromatic heterocycles. The van der Waals surface area contributed by atoms with Gasteiger partial charge in [0.05, 0.1) is 17.4 Å². The van der Waals surface area contributed by atoms with Gasteiger partial charge in [0, 0.05) is 28.9 Å². The lowest BCUT2D eigenvalue weighted by atomic mass is 10.0. The SMILES string of the molecule is CC(=O)Nc1cc(Nc2ncc3ccc(-c4cccc(Cl)c4)n3n2)ccc1C(C)C. The lowest BCUT2D eigenvalue weighted by molar-refractivity contribution is -0.114. The van der Waals surface area contributed by atoms with E-state index in [9.17, 15) is 4.79 Å². The van der Waals surface area contributed by atoms with E-state index in [1.807, 2.05) is 59.1 Å². The molecule has 7 heteroatoms. The molecule has 0 aliphatic carbocycles. The van der Waals surface area contributed by atoms with E-state index < -0.39 is 0 Å². The maximum atomic E-state index is 11.6. The topological polar surface area (TPSA) is 71.3 Å². The van der Waals surface area contributed by atoms with Crippen LogP contribution in [0.15, 0.2) is 60.8 Å². The summed E-state index contributed by atoms with van der Waals surface area (Å²) in [4.78, 5) is 16.0. The van der Waals surface area contributed by atoms with Crippen molar-refractivity contribution in [3.05, 3.63) is 71.4 Å². The monoisotopic (exact) mass is 419 g/mol. The summed E-state index contributed by atoms with van der Waals surface area (Å²) in [5, 5.41) is 11.5. The molecule has 2 heterocycles. The summed E-state index contributed by atoms with van der Waals surface area (Å²) < 4.78 is 1.83. The highest BCUT2D eigenvalue weighted by Crippen LogP contribution is 2.29. The summed E-state index contributed by atoms with van der Waals surface area (Å²) in [6.07, 6.45) is 1.76. The molecular formula is C23H22ClN5O. The van der Waals surface area contributed by atoms with Gasteiger partial charge in [-0.3, -0.25) is 4.79 Å². The minimum atomic E-state index is -0.106. The van der Waals surface area contributed by atoms with Gasteiger partial charge in [-0.15, -0.1) is 5.10 Å². The summed E-state index contributed by atoms with van der Waals surface area (Å²) in [6.45, 7) is 5.69. The fourth-order valence-corrected chi connectivity index (χ4v) is 3.58. The first-order valence-corrected chi connectivity index (χ1v) is 10.1. The fourth-order valence-electron chi connectivity index (χ4n) is 3.39. The third-order valence-electron chi connectivity index (χ3n) is 4.76. The largest absolute Gasteiger partial charge is 0.326 e. The number of nitrogens with zero attached hydrogens (tertiary/aromatic N) is 3. The lowest BCUT2D eigenvalue weighted by Gasteiger charge is -2.15. The predicted molar refractivity (Wildman–Crippen MR) is 122 cm³/mol. The van der Waals surface area contributed by atoms with Gasteiger partial charge in [0.2, 0.25) is 11.9 Å². The highest BCUT2D eigenvalue weighted by atomic mass is 35.5. The number of nitrogens with one attached hydrogen (secondary N) is 2. The Hall–Kier alpha value is -3.38. The molecule has 0 saturated heterocycles. The number of fused-ring (bicyclic) bond motifs is 1. The van der Waals surface area contributed by atoms with Crippen molar-refractivity contribution >= 4 is 40.3 Å². The van der Waals surface area contributed by atoms with Crippen LogP contribution in [0.1, 0.15) is 32.3 Å². The molecule has 30 heavy (non-hydrogen) atoms. The van der Waals surface area contributed by atoms with Crippen LogP contribution in [0.25, 0.3) is 16.8 Å². The minimum Gasteiger partial charge on any atom is -0.326 e. The Morgan fingerprint density at radius 3 is 2.67 bits per heavy atom. The van der Waals surface area contributed by atoms with Gasteiger partial charge >= 0.3 is 0 Å². The normalized spacial score (nSPS) is 11.1. The molecule has 4 rings (SSSR count). The van der Waals surface area contributed by atoms with E-state index in [1.165, 1.54) is 6.92 Å². The summed E-state index contributed by atoms with van der Waals surface area (Å²) in [5.41, 5.74) is 5.42. The van der Waals surface area contributed by atoms with Crippen molar-refractivity contribution in [2.75, 3.05) is 10.6 Å². The molecule has 0 aliphatic heterocycles. The van der Waals surface area contributed by atoms with E-state index in [0.717, 1.165) is 33.7 Å². The maximum absolute atomic E-state index is 11.6. The van der Waals surface area contributed by atoms with Crippen LogP contribution >= 0.6 is 11.6 Å². The predicted octanol–water partition coefficient (Wildman–Crippen LogP) is 5.88. The van der Waals surface area contributed by atoms with Crippen molar-refractivity contribution < 1.29 is 4.79 Å². The summed E-state index contributed by atoms with van der Waals surface area (Å²) in [5.74, 6) is 0.631. The van der Waals surface area contributed by atoms with Gasteiger partial charge in [-0.1, -0.05) is 43.6 Å². The van der Waals surface area contributed by atoms with Crippen molar-refractivity contribution in [3.8, 4) is 11.3 Å². The van der Waals surface area contributed by atoms with Crippen LogP contribution < -0.4 is 10.6 Å². The number of amides is 1. The van der Waals surface area contributed by atoms with Gasteiger partial charge in [0.1, 0.15) is 0 Å². The Labute approximate surface area is 179 Å². The molecule has 152 valence electrons. The Balaban J connectivity index is 1.69. The summed E-state index contributed by atoms with van der Waals surface area (Å²) in [7, 11) is 0. The van der Waals surface area contributed by atoms with Crippen molar-refractivity contribution in [1.82, 2.24) is 14.6 Å². The number of aromatic nitrogens is 3. The highest BCUT2D eigenvalue weighted by molar-refractivity contribution is 6.30. The maximum Gasteiger partial charge on any atom is 0.245 e. The quantitative estimate of drug-likeness (QED) is 0.424. The van der Waals surface area contributed by atoms with Gasteiger partial charge in [-0.25, -0.2) is 9.50 Å². The number of hydrogen-bond donors (Lipinski definition) is 2. The van der Waals surface area contributed by atoms with E-state index in [2.05, 4.69) is 34.6 Å². The van der Waals surface area contributed by atoms with E-state index in [0.29, 0.717) is 11.0 Å². The van der Waals surface area contributed by atoms with Gasteiger partial charge in [-0.05, 0) is 47.9 Å². The molecule has 0 aliphatic rings. The van der Waals surface area contributed by atoms with E-state index in [4.69, 9.17) is 11.6 Å². The molecule has 0 radical (unpaired) electrons. The van der Waals surface area contributed by atoms with Crippen LogP contribution in [-0.2, 0) is 4.79 Å². The second kappa shape index (κ2) is 8.16. The number of carbonyl (C=O) groups excluding carboxylic acids is 1. The van der Waals surface area contributed by atoms with E-state index in [-0.39, 0.29) is 11.8 Å². The first-order valence-electron chi connectivity index (χ1n) is 9.70. The number of rotatable bonds is 5. The fraction of sp³-hybridized carbons (Fsp3) is 0.174. The first kappa shape index (κ1) is 19.9. The zero-order valence-electron chi connectivity index (χ0n) is 17.0. The second-order valence-electron chi connectivity index (χ2n) is 7.41. The zero-order valence-corrected chi connectivity index (χ0v) is 17.7. The van der Waals surface area contributed by atoms with Crippen LogP contribution in [-0.4, -0.2) is 20.5 Å². The molecule has 4 aromatic rings. The van der Waals surface area contributed by atoms with E-state index in [1.54, 1.807) is 6.20 Å². The molecule has 0 fully saturated rings. The van der Waals surface area contributed by atoms with Crippen molar-refractivity contribution in [2.24, 2.45) is 0 Å². The average Bonchev–Trinajstić information content (AvgIpc) is 3.11. The standard InChI is InChI=1S/C23H22ClN5O/c1-14(2)20-9-7-18(12-21(20)26-15(3)30)27-23-25-13-19-8-10-22(29(19)28-23)16-5-4-6-17(24)11-16/h4-14H,1-3H3,(H,26,30)(H,27,28). The number of carbonyl (C=O) groups is 1. The van der Waals surface area contributed by atoms with Gasteiger partial charge in [0.15, 0.2) is 0 Å². The van der Waals surface area contributed by atoms with Gasteiger partial charge in [-0.2, -0.15) is 0 Å². The van der Waals surface area contributed by atoms with E-state index >= 15 is 0 Å². The molecule has 6 nitrogen and oxygen atoms in total.